The normalized spacial score (nSPS) is 12.7. The number of allylic oxidation sites excluding steroid dienone is 14. The Hall–Kier alpha value is -3.41. The minimum Gasteiger partial charge on any atom is -0.462 e. The van der Waals surface area contributed by atoms with E-state index in [4.69, 9.17) is 14.2 Å². The highest BCUT2D eigenvalue weighted by molar-refractivity contribution is 5.71. The van der Waals surface area contributed by atoms with Gasteiger partial charge in [-0.3, -0.25) is 14.4 Å². The lowest BCUT2D eigenvalue weighted by molar-refractivity contribution is -0.167. The summed E-state index contributed by atoms with van der Waals surface area (Å²) in [5, 5.41) is 0. The van der Waals surface area contributed by atoms with Crippen LogP contribution in [0.25, 0.3) is 0 Å². The molecule has 0 aliphatic heterocycles. The van der Waals surface area contributed by atoms with Crippen LogP contribution in [0.3, 0.4) is 0 Å². The highest BCUT2D eigenvalue weighted by Gasteiger charge is 2.19. The molecule has 0 spiro atoms. The van der Waals surface area contributed by atoms with Crippen LogP contribution in [0, 0.1) is 0 Å². The topological polar surface area (TPSA) is 78.9 Å². The fourth-order valence-corrected chi connectivity index (χ4v) is 8.16. The van der Waals surface area contributed by atoms with Crippen LogP contribution < -0.4 is 0 Å². The molecule has 0 N–H and O–H groups in total. The molecule has 1 unspecified atom stereocenters. The van der Waals surface area contributed by atoms with Crippen LogP contribution in [0.4, 0.5) is 0 Å². The molecule has 402 valence electrons. The summed E-state index contributed by atoms with van der Waals surface area (Å²) < 4.78 is 16.8. The zero-order chi connectivity index (χ0) is 50.7. The molecule has 0 aromatic rings. The number of hydrogen-bond acceptors (Lipinski definition) is 6. The Bertz CT molecular complexity index is 1350. The van der Waals surface area contributed by atoms with Gasteiger partial charge in [-0.05, 0) is 116 Å². The van der Waals surface area contributed by atoms with E-state index in [9.17, 15) is 14.4 Å². The molecule has 0 amide bonds. The maximum Gasteiger partial charge on any atom is 0.306 e. The lowest BCUT2D eigenvalue weighted by atomic mass is 10.0. The molecule has 6 nitrogen and oxygen atoms in total. The second-order valence-corrected chi connectivity index (χ2v) is 19.5. The molecule has 0 aromatic heterocycles. The van der Waals surface area contributed by atoms with Crippen LogP contribution in [-0.2, 0) is 28.6 Å². The monoisotopic (exact) mass is 975 g/mol. The number of esters is 3. The summed E-state index contributed by atoms with van der Waals surface area (Å²) >= 11 is 0. The summed E-state index contributed by atoms with van der Waals surface area (Å²) in [6.45, 7) is 6.46. The van der Waals surface area contributed by atoms with Gasteiger partial charge in [0.15, 0.2) is 6.10 Å². The van der Waals surface area contributed by atoms with Gasteiger partial charge in [0.2, 0.25) is 0 Å². The molecule has 0 radical (unpaired) electrons. The van der Waals surface area contributed by atoms with Gasteiger partial charge in [0.25, 0.3) is 0 Å². The third-order valence-electron chi connectivity index (χ3n) is 12.6. The van der Waals surface area contributed by atoms with E-state index >= 15 is 0 Å². The molecule has 0 aliphatic carbocycles. The average Bonchev–Trinajstić information content (AvgIpc) is 3.36. The second kappa shape index (κ2) is 58.2. The van der Waals surface area contributed by atoms with E-state index in [0.29, 0.717) is 19.3 Å². The molecule has 1 atom stereocenters. The van der Waals surface area contributed by atoms with Crippen molar-refractivity contribution in [1.29, 1.82) is 0 Å². The molecular weight excluding hydrogens is 865 g/mol. The van der Waals surface area contributed by atoms with Crippen LogP contribution in [0.5, 0.6) is 0 Å². The molecular formula is C64H110O6. The number of rotatable bonds is 53. The van der Waals surface area contributed by atoms with Crippen molar-refractivity contribution in [1.82, 2.24) is 0 Å². The summed E-state index contributed by atoms with van der Waals surface area (Å²) in [7, 11) is 0. The van der Waals surface area contributed by atoms with Gasteiger partial charge in [0, 0.05) is 19.3 Å². The predicted molar refractivity (Wildman–Crippen MR) is 302 cm³/mol. The first-order valence-corrected chi connectivity index (χ1v) is 29.6. The van der Waals surface area contributed by atoms with Crippen LogP contribution in [0.1, 0.15) is 284 Å². The summed E-state index contributed by atoms with van der Waals surface area (Å²) in [4.78, 5) is 38.1. The van der Waals surface area contributed by atoms with Crippen molar-refractivity contribution in [3.05, 3.63) is 85.1 Å². The fraction of sp³-hybridized carbons (Fsp3) is 0.734. The Labute approximate surface area is 433 Å². The molecule has 0 aromatic carbocycles. The van der Waals surface area contributed by atoms with Gasteiger partial charge in [-0.25, -0.2) is 0 Å². The van der Waals surface area contributed by atoms with Crippen molar-refractivity contribution < 1.29 is 28.6 Å². The van der Waals surface area contributed by atoms with Gasteiger partial charge < -0.3 is 14.2 Å². The standard InChI is InChI=1S/C64H110O6/c1-4-7-10-13-16-19-22-25-27-28-29-30-31-32-33-34-35-36-38-39-42-45-48-51-54-57-63(66)69-60-61(59-68-62(65)56-53-50-47-44-41-24-21-18-15-12-9-6-3)70-64(67)58-55-52-49-46-43-40-37-26-23-20-17-14-11-8-5-2/h8,11,17-18,20-22,25-26,28-29,37,43,46,61H,4-7,9-10,12-16,19,23-24,27,30-36,38-42,44-45,47-60H2,1-3H3/b11-8-,20-17-,21-18-,25-22-,29-28-,37-26-,46-43-. The van der Waals surface area contributed by atoms with Crippen molar-refractivity contribution in [2.45, 2.75) is 290 Å². The molecule has 0 bridgehead atoms. The third-order valence-corrected chi connectivity index (χ3v) is 12.6. The van der Waals surface area contributed by atoms with Gasteiger partial charge in [0.05, 0.1) is 0 Å². The summed E-state index contributed by atoms with van der Waals surface area (Å²) in [6, 6.07) is 0. The van der Waals surface area contributed by atoms with Crippen molar-refractivity contribution in [3.63, 3.8) is 0 Å². The number of carbonyl (C=O) groups excluding carboxylic acids is 3. The first-order chi connectivity index (χ1) is 34.5. The van der Waals surface area contributed by atoms with Gasteiger partial charge in [-0.2, -0.15) is 0 Å². The molecule has 0 heterocycles. The summed E-state index contributed by atoms with van der Waals surface area (Å²) in [5.41, 5.74) is 0. The Morgan fingerprint density at radius 1 is 0.300 bits per heavy atom. The number of hydrogen-bond donors (Lipinski definition) is 0. The Morgan fingerprint density at radius 2 is 0.557 bits per heavy atom. The van der Waals surface area contributed by atoms with Gasteiger partial charge >= 0.3 is 17.9 Å². The number of ether oxygens (including phenoxy) is 3. The maximum absolute atomic E-state index is 12.8. The largest absolute Gasteiger partial charge is 0.462 e. The van der Waals surface area contributed by atoms with E-state index < -0.39 is 6.10 Å². The zero-order valence-corrected chi connectivity index (χ0v) is 46.0. The second-order valence-electron chi connectivity index (χ2n) is 19.5. The summed E-state index contributed by atoms with van der Waals surface area (Å²) in [5.74, 6) is -0.943. The fourth-order valence-electron chi connectivity index (χ4n) is 8.16. The highest BCUT2D eigenvalue weighted by atomic mass is 16.6. The quantitative estimate of drug-likeness (QED) is 0.0261. The molecule has 70 heavy (non-hydrogen) atoms. The maximum atomic E-state index is 12.8. The van der Waals surface area contributed by atoms with Crippen LogP contribution in [0.15, 0.2) is 85.1 Å². The lowest BCUT2D eigenvalue weighted by Crippen LogP contribution is -2.30. The average molecular weight is 976 g/mol. The van der Waals surface area contributed by atoms with E-state index in [1.807, 2.05) is 0 Å². The number of unbranched alkanes of at least 4 members (excludes halogenated alkanes) is 28. The Morgan fingerprint density at radius 3 is 0.943 bits per heavy atom. The minimum absolute atomic E-state index is 0.0956. The summed E-state index contributed by atoms with van der Waals surface area (Å²) in [6.07, 6.45) is 75.9. The van der Waals surface area contributed by atoms with Crippen LogP contribution in [0.2, 0.25) is 0 Å². The SMILES string of the molecule is CC/C=C\C/C=C\C/C=C\C/C=C\CCCCC(=O)OC(COC(=O)CCCCCCC/C=C\CCCCC)COC(=O)CCCCCCCCCCCCCCC/C=C\C/C=C\CCCCCCC. The number of carbonyl (C=O) groups is 3. The predicted octanol–water partition coefficient (Wildman–Crippen LogP) is 19.9. The Balaban J connectivity index is 4.31. The van der Waals surface area contributed by atoms with Crippen molar-refractivity contribution >= 4 is 17.9 Å². The van der Waals surface area contributed by atoms with Crippen molar-refractivity contribution in [3.8, 4) is 0 Å². The zero-order valence-electron chi connectivity index (χ0n) is 46.0. The first-order valence-electron chi connectivity index (χ1n) is 29.6. The van der Waals surface area contributed by atoms with E-state index in [2.05, 4.69) is 106 Å². The van der Waals surface area contributed by atoms with Crippen molar-refractivity contribution in [2.75, 3.05) is 13.2 Å². The van der Waals surface area contributed by atoms with Crippen molar-refractivity contribution in [2.24, 2.45) is 0 Å². The van der Waals surface area contributed by atoms with Gasteiger partial charge in [-0.1, -0.05) is 234 Å². The molecule has 6 heteroatoms. The first kappa shape index (κ1) is 66.6. The minimum atomic E-state index is -0.802. The van der Waals surface area contributed by atoms with E-state index in [1.54, 1.807) is 0 Å². The van der Waals surface area contributed by atoms with Gasteiger partial charge in [0.1, 0.15) is 13.2 Å². The van der Waals surface area contributed by atoms with Crippen LogP contribution >= 0.6 is 0 Å². The van der Waals surface area contributed by atoms with Crippen LogP contribution in [-0.4, -0.2) is 37.2 Å². The molecule has 0 saturated heterocycles. The molecule has 0 fully saturated rings. The molecule has 0 aliphatic rings. The molecule has 0 saturated carbocycles. The molecule has 0 rings (SSSR count). The van der Waals surface area contributed by atoms with E-state index in [-0.39, 0.29) is 37.5 Å². The third kappa shape index (κ3) is 55.5. The smallest absolute Gasteiger partial charge is 0.306 e. The lowest BCUT2D eigenvalue weighted by Gasteiger charge is -2.18. The van der Waals surface area contributed by atoms with E-state index in [1.165, 1.54) is 148 Å². The highest BCUT2D eigenvalue weighted by Crippen LogP contribution is 2.15. The Kier molecular flexibility index (Phi) is 55.3. The van der Waals surface area contributed by atoms with E-state index in [0.717, 1.165) is 89.9 Å². The van der Waals surface area contributed by atoms with Gasteiger partial charge in [-0.15, -0.1) is 0 Å².